The summed E-state index contributed by atoms with van der Waals surface area (Å²) in [6.45, 7) is 2.47. The molecule has 0 spiro atoms. The molecule has 0 saturated heterocycles. The van der Waals surface area contributed by atoms with Gasteiger partial charge in [0.25, 0.3) is 5.91 Å². The third kappa shape index (κ3) is 2.96. The van der Waals surface area contributed by atoms with E-state index in [2.05, 4.69) is 5.32 Å². The number of aryl methyl sites for hydroxylation is 1. The lowest BCUT2D eigenvalue weighted by molar-refractivity contribution is 0.0944. The summed E-state index contributed by atoms with van der Waals surface area (Å²) in [5, 5.41) is 12.4. The number of hydrogen-bond donors (Lipinski definition) is 2. The van der Waals surface area contributed by atoms with Crippen LogP contribution in [0, 0.1) is 12.3 Å². The molecule has 1 aliphatic carbocycles. The lowest BCUT2D eigenvalue weighted by atomic mass is 10.0. The Kier molecular flexibility index (Phi) is 3.81. The molecule has 0 aromatic heterocycles. The Morgan fingerprint density at radius 3 is 2.78 bits per heavy atom. The van der Waals surface area contributed by atoms with E-state index in [0.29, 0.717) is 23.6 Å². The number of phenolic OH excluding ortho intramolecular Hbond substituents is 1. The second-order valence-corrected chi connectivity index (χ2v) is 5.50. The quantitative estimate of drug-likeness (QED) is 0.806. The lowest BCUT2D eigenvalue weighted by Crippen LogP contribution is -2.30. The average Bonchev–Trinajstić information content (AvgIpc) is 3.11. The van der Waals surface area contributed by atoms with Crippen LogP contribution in [0.3, 0.4) is 0 Å². The fourth-order valence-electron chi connectivity index (χ4n) is 2.06. The molecule has 1 fully saturated rings. The Labute approximate surface area is 112 Å². The van der Waals surface area contributed by atoms with Gasteiger partial charge < -0.3 is 10.4 Å². The molecule has 1 amide bonds. The number of rotatable bonds is 5. The molecule has 1 aliphatic rings. The van der Waals surface area contributed by atoms with E-state index in [0.717, 1.165) is 19.3 Å². The highest BCUT2D eigenvalue weighted by molar-refractivity contribution is 6.17. The molecule has 1 saturated carbocycles. The molecule has 1 aromatic carbocycles. The Morgan fingerprint density at radius 2 is 2.22 bits per heavy atom. The predicted octanol–water partition coefficient (Wildman–Crippen LogP) is 2.84. The molecule has 2 N–H and O–H groups in total. The highest BCUT2D eigenvalue weighted by Gasteiger charge is 2.41. The second kappa shape index (κ2) is 5.19. The number of phenols is 1. The summed E-state index contributed by atoms with van der Waals surface area (Å²) in [6, 6.07) is 4.89. The van der Waals surface area contributed by atoms with Crippen molar-refractivity contribution in [2.75, 3.05) is 12.4 Å². The molecular weight excluding hydrogens is 250 g/mol. The van der Waals surface area contributed by atoms with Crippen LogP contribution in [-0.2, 0) is 0 Å². The molecule has 0 atom stereocenters. The Balaban J connectivity index is 1.93. The van der Waals surface area contributed by atoms with Gasteiger partial charge in [0.05, 0.1) is 0 Å². The van der Waals surface area contributed by atoms with E-state index in [1.54, 1.807) is 25.1 Å². The zero-order chi connectivity index (χ0) is 13.2. The first-order valence-electron chi connectivity index (χ1n) is 6.20. The van der Waals surface area contributed by atoms with E-state index >= 15 is 0 Å². The second-order valence-electron chi connectivity index (χ2n) is 5.12. The molecule has 4 heteroatoms. The summed E-state index contributed by atoms with van der Waals surface area (Å²) >= 11 is 5.76. The largest absolute Gasteiger partial charge is 0.508 e. The number of benzene rings is 1. The summed E-state index contributed by atoms with van der Waals surface area (Å²) in [5.41, 5.74) is 1.54. The Morgan fingerprint density at radius 1 is 1.50 bits per heavy atom. The Bertz CT molecular complexity index is 455. The number of alkyl halides is 1. The molecule has 18 heavy (non-hydrogen) atoms. The van der Waals surface area contributed by atoms with Crippen molar-refractivity contribution >= 4 is 17.5 Å². The number of hydrogen-bond acceptors (Lipinski definition) is 2. The smallest absolute Gasteiger partial charge is 0.251 e. The molecule has 0 heterocycles. The first-order chi connectivity index (χ1) is 8.56. The molecule has 2 rings (SSSR count). The number of amides is 1. The third-order valence-corrected chi connectivity index (χ3v) is 3.85. The van der Waals surface area contributed by atoms with Crippen LogP contribution in [0.4, 0.5) is 0 Å². The summed E-state index contributed by atoms with van der Waals surface area (Å²) < 4.78 is 0. The highest BCUT2D eigenvalue weighted by atomic mass is 35.5. The molecular formula is C14H18ClNO2. The van der Waals surface area contributed by atoms with Crippen molar-refractivity contribution in [1.29, 1.82) is 0 Å². The molecule has 0 radical (unpaired) electrons. The van der Waals surface area contributed by atoms with Crippen LogP contribution in [0.25, 0.3) is 0 Å². The van der Waals surface area contributed by atoms with Crippen LogP contribution < -0.4 is 5.32 Å². The monoisotopic (exact) mass is 267 g/mol. The van der Waals surface area contributed by atoms with Crippen molar-refractivity contribution in [2.24, 2.45) is 5.41 Å². The fraction of sp³-hybridized carbons (Fsp3) is 0.500. The highest BCUT2D eigenvalue weighted by Crippen LogP contribution is 2.48. The van der Waals surface area contributed by atoms with Gasteiger partial charge in [-0.2, -0.15) is 0 Å². The van der Waals surface area contributed by atoms with Crippen LogP contribution in [0.2, 0.25) is 0 Å². The van der Waals surface area contributed by atoms with Crippen molar-refractivity contribution in [2.45, 2.75) is 26.2 Å². The van der Waals surface area contributed by atoms with Crippen LogP contribution >= 0.6 is 11.6 Å². The molecule has 3 nitrogen and oxygen atoms in total. The number of carbonyl (C=O) groups is 1. The number of aromatic hydroxyl groups is 1. The van der Waals surface area contributed by atoms with Crippen LogP contribution in [0.5, 0.6) is 5.75 Å². The van der Waals surface area contributed by atoms with Crippen molar-refractivity contribution in [3.05, 3.63) is 29.3 Å². The first kappa shape index (κ1) is 13.2. The third-order valence-electron chi connectivity index (χ3n) is 3.66. The minimum atomic E-state index is -0.0843. The van der Waals surface area contributed by atoms with Gasteiger partial charge in [0.15, 0.2) is 0 Å². The molecule has 0 bridgehead atoms. The van der Waals surface area contributed by atoms with Gasteiger partial charge in [0.2, 0.25) is 0 Å². The van der Waals surface area contributed by atoms with Crippen LogP contribution in [-0.4, -0.2) is 23.4 Å². The van der Waals surface area contributed by atoms with E-state index in [1.807, 2.05) is 0 Å². The first-order valence-corrected chi connectivity index (χ1v) is 6.74. The van der Waals surface area contributed by atoms with Crippen molar-refractivity contribution in [1.82, 2.24) is 5.32 Å². The maximum absolute atomic E-state index is 12.0. The van der Waals surface area contributed by atoms with E-state index < -0.39 is 0 Å². The SMILES string of the molecule is Cc1cc(C(=O)NCC2(CCCl)CC2)ccc1O. The van der Waals surface area contributed by atoms with Crippen LogP contribution in [0.1, 0.15) is 35.2 Å². The molecule has 98 valence electrons. The van der Waals surface area contributed by atoms with E-state index in [-0.39, 0.29) is 17.1 Å². The molecule has 0 aliphatic heterocycles. The van der Waals surface area contributed by atoms with Gasteiger partial charge in [-0.3, -0.25) is 4.79 Å². The number of carbonyl (C=O) groups excluding carboxylic acids is 1. The lowest BCUT2D eigenvalue weighted by Gasteiger charge is -2.14. The standard InChI is InChI=1S/C14H18ClNO2/c1-10-8-11(2-3-12(10)17)13(18)16-9-14(4-5-14)6-7-15/h2-3,8,17H,4-7,9H2,1H3,(H,16,18). The van der Waals surface area contributed by atoms with Gasteiger partial charge in [-0.1, -0.05) is 0 Å². The minimum Gasteiger partial charge on any atom is -0.508 e. The fourth-order valence-corrected chi connectivity index (χ4v) is 2.46. The van der Waals surface area contributed by atoms with Gasteiger partial charge in [-0.05, 0) is 55.4 Å². The molecule has 1 aromatic rings. The van der Waals surface area contributed by atoms with Crippen LogP contribution in [0.15, 0.2) is 18.2 Å². The summed E-state index contributed by atoms with van der Waals surface area (Å²) in [7, 11) is 0. The Hall–Kier alpha value is -1.22. The normalized spacial score (nSPS) is 16.3. The average molecular weight is 268 g/mol. The predicted molar refractivity (Wildman–Crippen MR) is 72.2 cm³/mol. The van der Waals surface area contributed by atoms with Gasteiger partial charge in [-0.25, -0.2) is 0 Å². The summed E-state index contributed by atoms with van der Waals surface area (Å²) in [4.78, 5) is 12.0. The summed E-state index contributed by atoms with van der Waals surface area (Å²) in [6.07, 6.45) is 3.26. The molecule has 0 unspecified atom stereocenters. The van der Waals surface area contributed by atoms with Gasteiger partial charge >= 0.3 is 0 Å². The zero-order valence-corrected chi connectivity index (χ0v) is 11.3. The van der Waals surface area contributed by atoms with Crippen molar-refractivity contribution in [3.8, 4) is 5.75 Å². The van der Waals surface area contributed by atoms with Gasteiger partial charge in [0.1, 0.15) is 5.75 Å². The van der Waals surface area contributed by atoms with Gasteiger partial charge in [0, 0.05) is 18.0 Å². The topological polar surface area (TPSA) is 49.3 Å². The maximum Gasteiger partial charge on any atom is 0.251 e. The maximum atomic E-state index is 12.0. The minimum absolute atomic E-state index is 0.0843. The van der Waals surface area contributed by atoms with Gasteiger partial charge in [-0.15, -0.1) is 11.6 Å². The van der Waals surface area contributed by atoms with E-state index in [9.17, 15) is 9.90 Å². The van der Waals surface area contributed by atoms with E-state index in [1.165, 1.54) is 0 Å². The number of halogens is 1. The zero-order valence-electron chi connectivity index (χ0n) is 10.5. The summed E-state index contributed by atoms with van der Waals surface area (Å²) in [5.74, 6) is 0.778. The number of nitrogens with one attached hydrogen (secondary N) is 1. The van der Waals surface area contributed by atoms with Crippen molar-refractivity contribution < 1.29 is 9.90 Å². The van der Waals surface area contributed by atoms with Crippen molar-refractivity contribution in [3.63, 3.8) is 0 Å². The van der Waals surface area contributed by atoms with E-state index in [4.69, 9.17) is 11.6 Å².